The topological polar surface area (TPSA) is 102 Å². The molecular weight excluding hydrogens is 377 g/mol. The average Bonchev–Trinajstić information content (AvgIpc) is 2.65. The molecule has 0 heterocycles. The van der Waals surface area contributed by atoms with Crippen LogP contribution in [0.4, 0.5) is 15.8 Å². The number of halogens is 1. The second kappa shape index (κ2) is 9.18. The lowest BCUT2D eigenvalue weighted by Gasteiger charge is -2.35. The number of carbonyl (C=O) groups is 3. The number of benzene rings is 2. The van der Waals surface area contributed by atoms with Gasteiger partial charge in [-0.15, -0.1) is 0 Å². The predicted octanol–water partition coefficient (Wildman–Crippen LogP) is 2.83. The van der Waals surface area contributed by atoms with Crippen molar-refractivity contribution < 1.29 is 23.5 Å². The number of nitrogens with one attached hydrogen (secondary N) is 1. The van der Waals surface area contributed by atoms with Crippen LogP contribution in [0.25, 0.3) is 0 Å². The van der Waals surface area contributed by atoms with Gasteiger partial charge in [0.25, 0.3) is 5.91 Å². The molecule has 2 rings (SSSR count). The number of nitrogens with zero attached hydrogens (tertiary/aromatic N) is 1. The Morgan fingerprint density at radius 3 is 2.17 bits per heavy atom. The molecule has 7 nitrogen and oxygen atoms in total. The van der Waals surface area contributed by atoms with Gasteiger partial charge in [-0.2, -0.15) is 0 Å². The summed E-state index contributed by atoms with van der Waals surface area (Å²) in [5, 5.41) is 2.60. The average molecular weight is 401 g/mol. The zero-order valence-electron chi connectivity index (χ0n) is 16.6. The molecular formula is C21H24FN3O4. The number of hydrogen-bond donors (Lipinski definition) is 2. The molecule has 0 radical (unpaired) electrons. The lowest BCUT2D eigenvalue weighted by molar-refractivity contribution is -0.142. The van der Waals surface area contributed by atoms with E-state index < -0.39 is 35.7 Å². The third-order valence-electron chi connectivity index (χ3n) is 4.01. The Morgan fingerprint density at radius 1 is 1.03 bits per heavy atom. The monoisotopic (exact) mass is 401 g/mol. The number of nitrogens with two attached hydrogens (primary N) is 1. The molecule has 2 aromatic carbocycles. The molecule has 154 valence electrons. The minimum absolute atomic E-state index is 0.251. The van der Waals surface area contributed by atoms with Gasteiger partial charge in [-0.3, -0.25) is 9.59 Å². The van der Waals surface area contributed by atoms with Crippen molar-refractivity contribution >= 4 is 29.2 Å². The van der Waals surface area contributed by atoms with Gasteiger partial charge in [-0.1, -0.05) is 0 Å². The molecule has 8 heteroatoms. The van der Waals surface area contributed by atoms with Gasteiger partial charge in [0.2, 0.25) is 5.91 Å². The van der Waals surface area contributed by atoms with E-state index in [2.05, 4.69) is 5.32 Å². The quantitative estimate of drug-likeness (QED) is 0.572. The summed E-state index contributed by atoms with van der Waals surface area (Å²) in [4.78, 5) is 38.3. The van der Waals surface area contributed by atoms with Gasteiger partial charge < -0.3 is 20.7 Å². The zero-order chi connectivity index (χ0) is 21.6. The molecule has 0 aliphatic heterocycles. The second-order valence-electron chi connectivity index (χ2n) is 7.40. The molecule has 0 unspecified atom stereocenters. The highest BCUT2D eigenvalue weighted by molar-refractivity contribution is 5.96. The summed E-state index contributed by atoms with van der Waals surface area (Å²) in [5.74, 6) is -2.05. The van der Waals surface area contributed by atoms with E-state index in [0.29, 0.717) is 11.4 Å². The number of anilines is 2. The molecule has 0 aliphatic carbocycles. The van der Waals surface area contributed by atoms with Gasteiger partial charge in [0.1, 0.15) is 12.4 Å². The van der Waals surface area contributed by atoms with Gasteiger partial charge >= 0.3 is 5.97 Å². The van der Waals surface area contributed by atoms with E-state index in [9.17, 15) is 18.8 Å². The maximum absolute atomic E-state index is 13.0. The van der Waals surface area contributed by atoms with E-state index in [1.165, 1.54) is 41.3 Å². The van der Waals surface area contributed by atoms with Crippen molar-refractivity contribution in [1.82, 2.24) is 4.90 Å². The Kier molecular flexibility index (Phi) is 6.93. The first-order valence-electron chi connectivity index (χ1n) is 8.95. The lowest BCUT2D eigenvalue weighted by atomic mass is 10.1. The first-order chi connectivity index (χ1) is 13.6. The molecule has 2 amide bonds. The summed E-state index contributed by atoms with van der Waals surface area (Å²) in [7, 11) is 0. The molecule has 0 bridgehead atoms. The molecule has 29 heavy (non-hydrogen) atoms. The van der Waals surface area contributed by atoms with Crippen LogP contribution < -0.4 is 11.1 Å². The van der Waals surface area contributed by atoms with E-state index in [4.69, 9.17) is 10.5 Å². The van der Waals surface area contributed by atoms with E-state index in [0.717, 1.165) is 0 Å². The van der Waals surface area contributed by atoms with Gasteiger partial charge in [0.15, 0.2) is 6.61 Å². The fourth-order valence-corrected chi connectivity index (χ4v) is 2.48. The van der Waals surface area contributed by atoms with Crippen LogP contribution in [0.3, 0.4) is 0 Å². The minimum atomic E-state index is -0.690. The molecule has 0 saturated carbocycles. The van der Waals surface area contributed by atoms with Crippen LogP contribution in [-0.4, -0.2) is 41.4 Å². The normalized spacial score (nSPS) is 10.9. The van der Waals surface area contributed by atoms with Crippen molar-refractivity contribution in [3.8, 4) is 0 Å². The number of nitrogen functional groups attached to an aromatic ring is 1. The zero-order valence-corrected chi connectivity index (χ0v) is 16.6. The van der Waals surface area contributed by atoms with Crippen molar-refractivity contribution in [2.75, 3.05) is 24.2 Å². The first kappa shape index (κ1) is 21.9. The third-order valence-corrected chi connectivity index (χ3v) is 4.01. The van der Waals surface area contributed by atoms with Crippen LogP contribution in [0.15, 0.2) is 48.5 Å². The summed E-state index contributed by atoms with van der Waals surface area (Å²) >= 11 is 0. The van der Waals surface area contributed by atoms with Gasteiger partial charge in [-0.25, -0.2) is 9.18 Å². The Labute approximate surface area is 168 Å². The summed E-state index contributed by atoms with van der Waals surface area (Å²) in [6, 6.07) is 11.4. The predicted molar refractivity (Wildman–Crippen MR) is 108 cm³/mol. The van der Waals surface area contributed by atoms with Crippen LogP contribution in [0.1, 0.15) is 31.1 Å². The largest absolute Gasteiger partial charge is 0.452 e. The first-order valence-corrected chi connectivity index (χ1v) is 8.95. The fraction of sp³-hybridized carbons (Fsp3) is 0.286. The van der Waals surface area contributed by atoms with Crippen LogP contribution in [0, 0.1) is 5.82 Å². The van der Waals surface area contributed by atoms with Crippen LogP contribution in [0.5, 0.6) is 0 Å². The number of hydrogen-bond acceptors (Lipinski definition) is 5. The van der Waals surface area contributed by atoms with Crippen molar-refractivity contribution in [1.29, 1.82) is 0 Å². The van der Waals surface area contributed by atoms with E-state index in [-0.39, 0.29) is 12.1 Å². The van der Waals surface area contributed by atoms with Crippen molar-refractivity contribution in [2.45, 2.75) is 26.3 Å². The number of rotatable bonds is 6. The highest BCUT2D eigenvalue weighted by Crippen LogP contribution is 2.15. The fourth-order valence-electron chi connectivity index (χ4n) is 2.48. The van der Waals surface area contributed by atoms with Crippen LogP contribution >= 0.6 is 0 Å². The summed E-state index contributed by atoms with van der Waals surface area (Å²) < 4.78 is 18.1. The molecule has 3 N–H and O–H groups in total. The Hall–Kier alpha value is -3.42. The van der Waals surface area contributed by atoms with E-state index in [1.54, 1.807) is 32.9 Å². The molecule has 0 fully saturated rings. The molecule has 0 saturated heterocycles. The summed E-state index contributed by atoms with van der Waals surface area (Å²) in [6.45, 7) is 4.52. The van der Waals surface area contributed by atoms with Gasteiger partial charge in [0, 0.05) is 16.9 Å². The van der Waals surface area contributed by atoms with E-state index in [1.807, 2.05) is 0 Å². The molecule has 0 aliphatic rings. The minimum Gasteiger partial charge on any atom is -0.452 e. The van der Waals surface area contributed by atoms with Crippen molar-refractivity contribution in [3.05, 3.63) is 59.9 Å². The van der Waals surface area contributed by atoms with Gasteiger partial charge in [0.05, 0.1) is 5.56 Å². The maximum atomic E-state index is 13.0. The highest BCUT2D eigenvalue weighted by atomic mass is 19.1. The molecule has 2 aromatic rings. The Morgan fingerprint density at radius 2 is 1.62 bits per heavy atom. The smallest absolute Gasteiger partial charge is 0.338 e. The standard InChI is InChI=1S/C21H24FN3O4/c1-21(2,3)25(12-18(26)24-17-10-6-15(22)7-11-17)19(27)13-29-20(28)14-4-8-16(23)9-5-14/h4-11H,12-13,23H2,1-3H3,(H,24,26). The number of carbonyl (C=O) groups excluding carboxylic acids is 3. The molecule has 0 aromatic heterocycles. The number of amides is 2. The third kappa shape index (κ3) is 6.60. The Bertz CT molecular complexity index is 874. The highest BCUT2D eigenvalue weighted by Gasteiger charge is 2.29. The van der Waals surface area contributed by atoms with Crippen LogP contribution in [-0.2, 0) is 14.3 Å². The molecule has 0 atom stereocenters. The van der Waals surface area contributed by atoms with E-state index >= 15 is 0 Å². The van der Waals surface area contributed by atoms with Crippen LogP contribution in [0.2, 0.25) is 0 Å². The molecule has 0 spiro atoms. The lowest BCUT2D eigenvalue weighted by Crippen LogP contribution is -2.50. The van der Waals surface area contributed by atoms with Crippen molar-refractivity contribution in [3.63, 3.8) is 0 Å². The summed E-state index contributed by atoms with van der Waals surface area (Å²) in [5.41, 5.74) is 6.07. The number of esters is 1. The number of ether oxygens (including phenoxy) is 1. The second-order valence-corrected chi connectivity index (χ2v) is 7.40. The Balaban J connectivity index is 1.98. The maximum Gasteiger partial charge on any atom is 0.338 e. The summed E-state index contributed by atoms with van der Waals surface area (Å²) in [6.07, 6.45) is 0. The SMILES string of the molecule is CC(C)(C)N(CC(=O)Nc1ccc(F)cc1)C(=O)COC(=O)c1ccc(N)cc1. The van der Waals surface area contributed by atoms with Crippen molar-refractivity contribution in [2.24, 2.45) is 0 Å². The van der Waals surface area contributed by atoms with Gasteiger partial charge in [-0.05, 0) is 69.3 Å².